The number of H-pyrrole nitrogens is 1. The number of hydrogen-bond acceptors (Lipinski definition) is 6. The minimum atomic E-state index is -0.261. The zero-order chi connectivity index (χ0) is 21.4. The maximum atomic E-state index is 12.7. The molecule has 0 atom stereocenters. The van der Waals surface area contributed by atoms with Crippen LogP contribution >= 0.6 is 11.3 Å². The largest absolute Gasteiger partial charge is 0.368 e. The average Bonchev–Trinajstić information content (AvgIpc) is 3.35. The Balaban J connectivity index is 1.59. The first kappa shape index (κ1) is 19.0. The Kier molecular flexibility index (Phi) is 4.69. The van der Waals surface area contributed by atoms with E-state index in [0.717, 1.165) is 32.9 Å². The van der Waals surface area contributed by atoms with E-state index in [-0.39, 0.29) is 5.56 Å². The fourth-order valence-electron chi connectivity index (χ4n) is 3.77. The van der Waals surface area contributed by atoms with E-state index in [1.54, 1.807) is 11.3 Å². The van der Waals surface area contributed by atoms with Crippen molar-refractivity contribution in [3.05, 3.63) is 75.7 Å². The van der Waals surface area contributed by atoms with Crippen LogP contribution in [0.15, 0.2) is 53.2 Å². The van der Waals surface area contributed by atoms with Gasteiger partial charge in [0.1, 0.15) is 23.2 Å². The van der Waals surface area contributed by atoms with Crippen molar-refractivity contribution < 1.29 is 0 Å². The number of hydrogen-bond donors (Lipinski definition) is 2. The summed E-state index contributed by atoms with van der Waals surface area (Å²) >= 11 is 1.55. The molecule has 0 unspecified atom stereocenters. The molecule has 0 fully saturated rings. The molecule has 5 aromatic rings. The van der Waals surface area contributed by atoms with Crippen molar-refractivity contribution in [1.29, 1.82) is 0 Å². The van der Waals surface area contributed by atoms with Crippen LogP contribution in [-0.4, -0.2) is 31.0 Å². The van der Waals surface area contributed by atoms with Gasteiger partial charge in [-0.1, -0.05) is 12.1 Å². The van der Waals surface area contributed by atoms with Crippen molar-refractivity contribution in [3.63, 3.8) is 0 Å². The molecule has 5 rings (SSSR count). The van der Waals surface area contributed by atoms with Gasteiger partial charge in [0.25, 0.3) is 5.56 Å². The molecule has 152 valence electrons. The first-order valence-corrected chi connectivity index (χ1v) is 10.5. The molecule has 0 aliphatic heterocycles. The van der Waals surface area contributed by atoms with E-state index in [1.165, 1.54) is 12.7 Å². The van der Waals surface area contributed by atoms with E-state index in [4.69, 9.17) is 6.57 Å². The molecule has 1 aromatic carbocycles. The Labute approximate surface area is 181 Å². The molecule has 0 amide bonds. The molecule has 0 spiro atoms. The molecule has 4 aromatic heterocycles. The molecule has 0 saturated heterocycles. The molecule has 2 N–H and O–H groups in total. The van der Waals surface area contributed by atoms with Crippen LogP contribution in [0.4, 0.5) is 11.5 Å². The summed E-state index contributed by atoms with van der Waals surface area (Å²) in [6.45, 7) is 10.7. The highest BCUT2D eigenvalue weighted by Crippen LogP contribution is 2.41. The van der Waals surface area contributed by atoms with Crippen molar-refractivity contribution in [1.82, 2.24) is 24.5 Å². The fraction of sp³-hybridized carbons (Fsp3) is 0.136. The molecular weight excluding hydrogens is 410 g/mol. The summed E-state index contributed by atoms with van der Waals surface area (Å²) in [6.07, 6.45) is 2.88. The Morgan fingerprint density at radius 3 is 2.90 bits per heavy atom. The zero-order valence-electron chi connectivity index (χ0n) is 16.6. The van der Waals surface area contributed by atoms with Gasteiger partial charge in [-0.05, 0) is 36.1 Å². The van der Waals surface area contributed by atoms with Crippen molar-refractivity contribution in [2.75, 3.05) is 11.9 Å². The number of thiophene rings is 1. The van der Waals surface area contributed by atoms with Crippen molar-refractivity contribution >= 4 is 44.8 Å². The normalized spacial score (nSPS) is 11.1. The summed E-state index contributed by atoms with van der Waals surface area (Å²) in [6, 6.07) is 9.80. The number of anilines is 1. The molecule has 4 heterocycles. The standard InChI is InChI=1S/C22H17N7OS/c1-13-7-10-31-20(13)18-16(23-2)17-19(22(30)28-12-26-17)29(18)9-8-24-21-14-5-3-4-6-15(14)25-11-27-21/h3-7,10-12H,8-9H2,1H3,(H,24,25,27)(H,26,28,30). The second kappa shape index (κ2) is 7.66. The molecule has 0 aliphatic rings. The summed E-state index contributed by atoms with van der Waals surface area (Å²) < 4.78 is 1.89. The maximum Gasteiger partial charge on any atom is 0.273 e. The second-order valence-electron chi connectivity index (χ2n) is 6.99. The van der Waals surface area contributed by atoms with Gasteiger partial charge in [0.15, 0.2) is 0 Å². The molecule has 0 saturated carbocycles. The molecule has 31 heavy (non-hydrogen) atoms. The lowest BCUT2D eigenvalue weighted by Gasteiger charge is -2.13. The molecule has 0 aliphatic carbocycles. The molecule has 0 bridgehead atoms. The molecule has 0 radical (unpaired) electrons. The Morgan fingerprint density at radius 2 is 2.10 bits per heavy atom. The SMILES string of the molecule is [C-]#[N+]c1c(-c2sccc2C)n(CCNc2ncnc3ccccc23)c2c(=O)[nH]cnc12. The van der Waals surface area contributed by atoms with Gasteiger partial charge < -0.3 is 14.9 Å². The number of aromatic nitrogens is 5. The van der Waals surface area contributed by atoms with Crippen LogP contribution in [0.25, 0.3) is 37.4 Å². The monoisotopic (exact) mass is 427 g/mol. The van der Waals surface area contributed by atoms with Crippen LogP contribution in [0, 0.1) is 13.5 Å². The van der Waals surface area contributed by atoms with Gasteiger partial charge in [-0.3, -0.25) is 4.79 Å². The summed E-state index contributed by atoms with van der Waals surface area (Å²) in [4.78, 5) is 33.0. The van der Waals surface area contributed by atoms with Gasteiger partial charge in [0.2, 0.25) is 5.69 Å². The summed E-state index contributed by atoms with van der Waals surface area (Å²) in [5.41, 5.74) is 3.63. The van der Waals surface area contributed by atoms with Crippen LogP contribution in [0.1, 0.15) is 5.56 Å². The smallest absolute Gasteiger partial charge is 0.273 e. The number of para-hydroxylation sites is 1. The Bertz CT molecular complexity index is 1520. The minimum absolute atomic E-state index is 0.261. The number of nitrogens with zero attached hydrogens (tertiary/aromatic N) is 5. The van der Waals surface area contributed by atoms with Gasteiger partial charge >= 0.3 is 0 Å². The fourth-order valence-corrected chi connectivity index (χ4v) is 4.76. The zero-order valence-corrected chi connectivity index (χ0v) is 17.4. The van der Waals surface area contributed by atoms with E-state index in [2.05, 4.69) is 30.1 Å². The van der Waals surface area contributed by atoms with E-state index in [1.807, 2.05) is 47.2 Å². The third-order valence-corrected chi connectivity index (χ3v) is 6.20. The van der Waals surface area contributed by atoms with Gasteiger partial charge in [-0.15, -0.1) is 11.3 Å². The number of nitrogens with one attached hydrogen (secondary N) is 2. The first-order chi connectivity index (χ1) is 15.2. The third kappa shape index (κ3) is 3.14. The van der Waals surface area contributed by atoms with Gasteiger partial charge in [-0.25, -0.2) is 19.8 Å². The third-order valence-electron chi connectivity index (χ3n) is 5.18. The lowest BCUT2D eigenvalue weighted by Crippen LogP contribution is -2.17. The number of benzene rings is 1. The first-order valence-electron chi connectivity index (χ1n) is 9.64. The van der Waals surface area contributed by atoms with Gasteiger partial charge in [-0.2, -0.15) is 0 Å². The Hall–Kier alpha value is -4.03. The highest BCUT2D eigenvalue weighted by molar-refractivity contribution is 7.13. The molecular formula is C22H17N7OS. The van der Waals surface area contributed by atoms with E-state index < -0.39 is 0 Å². The maximum absolute atomic E-state index is 12.7. The number of aryl methyl sites for hydroxylation is 1. The molecule has 8 nitrogen and oxygen atoms in total. The number of fused-ring (bicyclic) bond motifs is 2. The topological polar surface area (TPSA) is 92.9 Å². The van der Waals surface area contributed by atoms with E-state index in [0.29, 0.717) is 29.8 Å². The predicted molar refractivity (Wildman–Crippen MR) is 123 cm³/mol. The van der Waals surface area contributed by atoms with E-state index >= 15 is 0 Å². The lowest BCUT2D eigenvalue weighted by atomic mass is 10.2. The lowest BCUT2D eigenvalue weighted by molar-refractivity contribution is 0.759. The summed E-state index contributed by atoms with van der Waals surface area (Å²) in [5.74, 6) is 0.730. The van der Waals surface area contributed by atoms with Crippen molar-refractivity contribution in [2.24, 2.45) is 0 Å². The summed E-state index contributed by atoms with van der Waals surface area (Å²) in [5, 5.41) is 6.27. The van der Waals surface area contributed by atoms with Crippen molar-refractivity contribution in [3.8, 4) is 10.6 Å². The molecule has 9 heteroatoms. The van der Waals surface area contributed by atoms with E-state index in [9.17, 15) is 4.79 Å². The van der Waals surface area contributed by atoms with Crippen LogP contribution in [-0.2, 0) is 6.54 Å². The van der Waals surface area contributed by atoms with Crippen LogP contribution in [0.3, 0.4) is 0 Å². The number of aromatic amines is 1. The van der Waals surface area contributed by atoms with Gasteiger partial charge in [0, 0.05) is 23.4 Å². The van der Waals surface area contributed by atoms with Crippen LogP contribution in [0.2, 0.25) is 0 Å². The number of rotatable bonds is 5. The highest BCUT2D eigenvalue weighted by atomic mass is 32.1. The van der Waals surface area contributed by atoms with Crippen molar-refractivity contribution in [2.45, 2.75) is 13.5 Å². The Morgan fingerprint density at radius 1 is 1.23 bits per heavy atom. The van der Waals surface area contributed by atoms with Crippen LogP contribution < -0.4 is 10.9 Å². The predicted octanol–water partition coefficient (Wildman–Crippen LogP) is 4.37. The minimum Gasteiger partial charge on any atom is -0.368 e. The van der Waals surface area contributed by atoms with Crippen LogP contribution in [0.5, 0.6) is 0 Å². The second-order valence-corrected chi connectivity index (χ2v) is 7.90. The van der Waals surface area contributed by atoms with Gasteiger partial charge in [0.05, 0.1) is 24.1 Å². The summed E-state index contributed by atoms with van der Waals surface area (Å²) in [7, 11) is 0. The highest BCUT2D eigenvalue weighted by Gasteiger charge is 2.23. The quantitative estimate of drug-likeness (QED) is 0.406. The average molecular weight is 427 g/mol.